The second-order valence-corrected chi connectivity index (χ2v) is 13.4. The summed E-state index contributed by atoms with van der Waals surface area (Å²) >= 11 is 1.65. The predicted molar refractivity (Wildman–Crippen MR) is 189 cm³/mol. The molecule has 0 heterocycles. The molecule has 0 amide bonds. The number of benzene rings is 2. The molecule has 0 radical (unpaired) electrons. The molecule has 2 rings (SSSR count). The van der Waals surface area contributed by atoms with E-state index in [0.717, 1.165) is 57.8 Å². The fraction of sp³-hybridized carbons (Fsp3) is 0.625. The van der Waals surface area contributed by atoms with Gasteiger partial charge in [-0.2, -0.15) is 0 Å². The molecular formula is C40H62O6Sn. The Morgan fingerprint density at radius 1 is 0.511 bits per heavy atom. The summed E-state index contributed by atoms with van der Waals surface area (Å²) < 4.78 is 1.35. The normalized spacial score (nSPS) is 12.2. The molecule has 2 aromatic carbocycles. The number of rotatable bonds is 20. The van der Waals surface area contributed by atoms with Gasteiger partial charge in [0.15, 0.2) is 0 Å². The molecule has 3 unspecified atom stereocenters. The van der Waals surface area contributed by atoms with Crippen LogP contribution in [0.1, 0.15) is 148 Å². The van der Waals surface area contributed by atoms with Crippen molar-refractivity contribution in [2.75, 3.05) is 0 Å². The SMILES string of the molecule is CCCCC(CC)C(=O)[O-].CCCCC(CC)C(=O)[O-].CCCCC(CC)C(=O)[O-].[Sn+3][CH2]CCC(c1ccccc1)c1ccccc1. The zero-order valence-electron chi connectivity index (χ0n) is 30.1. The molecule has 3 atom stereocenters. The number of unbranched alkanes of at least 4 members (excludes halogenated alkanes) is 3. The molecule has 0 bridgehead atoms. The van der Waals surface area contributed by atoms with Crippen molar-refractivity contribution in [1.82, 2.24) is 0 Å². The topological polar surface area (TPSA) is 120 Å². The summed E-state index contributed by atoms with van der Waals surface area (Å²) in [6.07, 6.45) is 13.2. The molecule has 0 saturated heterocycles. The summed E-state index contributed by atoms with van der Waals surface area (Å²) in [6, 6.07) is 21.8. The number of carbonyl (C=O) groups excluding carboxylic acids is 3. The van der Waals surface area contributed by atoms with Gasteiger partial charge in [0.2, 0.25) is 0 Å². The summed E-state index contributed by atoms with van der Waals surface area (Å²) in [5.74, 6) is -2.78. The standard InChI is InChI=1S/C16H17.3C8H16O2.Sn/c1-2-9-16(14-10-5-3-6-11-14)15-12-7-4-8-13-15;3*1-3-5-6-7(4-2)8(9)10;/h3-8,10-13,16H,1-2,9H2;3*7H,3-6H2,1-2H3,(H,9,10);/q;;;;+3/p-3. The molecule has 2 aromatic rings. The number of aliphatic carboxylic acids is 3. The minimum atomic E-state index is -0.893. The third-order valence-corrected chi connectivity index (χ3v) is 9.28. The maximum absolute atomic E-state index is 10.3. The van der Waals surface area contributed by atoms with E-state index >= 15 is 0 Å². The Kier molecular flexibility index (Phi) is 32.0. The van der Waals surface area contributed by atoms with Crippen LogP contribution in [-0.2, 0) is 14.4 Å². The quantitative estimate of drug-likeness (QED) is 0.134. The van der Waals surface area contributed by atoms with E-state index in [9.17, 15) is 29.7 Å². The molecule has 0 fully saturated rings. The zero-order chi connectivity index (χ0) is 35.9. The summed E-state index contributed by atoms with van der Waals surface area (Å²) in [5.41, 5.74) is 2.89. The first-order chi connectivity index (χ1) is 22.6. The van der Waals surface area contributed by atoms with Gasteiger partial charge in [0.05, 0.1) is 0 Å². The zero-order valence-corrected chi connectivity index (χ0v) is 33.0. The molecule has 0 saturated carbocycles. The van der Waals surface area contributed by atoms with Gasteiger partial charge in [0, 0.05) is 17.9 Å². The molecule has 0 aromatic heterocycles. The van der Waals surface area contributed by atoms with Crippen molar-refractivity contribution in [3.63, 3.8) is 0 Å². The molecule has 0 N–H and O–H groups in total. The van der Waals surface area contributed by atoms with Crippen LogP contribution in [0.2, 0.25) is 4.44 Å². The number of carbonyl (C=O) groups is 3. The van der Waals surface area contributed by atoms with E-state index in [-0.39, 0.29) is 17.8 Å². The molecule has 47 heavy (non-hydrogen) atoms. The fourth-order valence-electron chi connectivity index (χ4n) is 5.02. The van der Waals surface area contributed by atoms with Crippen LogP contribution in [0.3, 0.4) is 0 Å². The molecule has 6 nitrogen and oxygen atoms in total. The van der Waals surface area contributed by atoms with E-state index in [1.807, 2.05) is 20.8 Å². The summed E-state index contributed by atoms with van der Waals surface area (Å²) in [7, 11) is 0. The maximum atomic E-state index is 10.3. The molecule has 7 heteroatoms. The first kappa shape index (κ1) is 46.8. The minimum absolute atomic E-state index is 0.222. The van der Waals surface area contributed by atoms with Gasteiger partial charge in [0.1, 0.15) is 0 Å². The van der Waals surface area contributed by atoms with Gasteiger partial charge < -0.3 is 29.7 Å². The molecule has 0 aliphatic rings. The van der Waals surface area contributed by atoms with E-state index in [0.29, 0.717) is 25.2 Å². The number of hydrogen-bond acceptors (Lipinski definition) is 6. The first-order valence-electron chi connectivity index (χ1n) is 17.9. The van der Waals surface area contributed by atoms with Crippen LogP contribution < -0.4 is 15.3 Å². The van der Waals surface area contributed by atoms with Crippen LogP contribution in [0, 0.1) is 17.8 Å². The monoisotopic (exact) mass is 758 g/mol. The van der Waals surface area contributed by atoms with Gasteiger partial charge in [-0.3, -0.25) is 0 Å². The van der Waals surface area contributed by atoms with E-state index < -0.39 is 17.9 Å². The third kappa shape index (κ3) is 24.4. The third-order valence-electron chi connectivity index (χ3n) is 8.27. The summed E-state index contributed by atoms with van der Waals surface area (Å²) in [6.45, 7) is 11.8. The number of hydrogen-bond donors (Lipinski definition) is 0. The number of carboxylic acid groups (broad SMARTS) is 3. The van der Waals surface area contributed by atoms with E-state index in [4.69, 9.17) is 0 Å². The van der Waals surface area contributed by atoms with Crippen LogP contribution in [-0.4, -0.2) is 40.4 Å². The molecule has 0 spiro atoms. The molecular weight excluding hydrogens is 695 g/mol. The Morgan fingerprint density at radius 2 is 0.809 bits per heavy atom. The van der Waals surface area contributed by atoms with Gasteiger partial charge in [-0.25, -0.2) is 0 Å². The number of carboxylic acids is 3. The van der Waals surface area contributed by atoms with Crippen molar-refractivity contribution in [1.29, 1.82) is 0 Å². The molecule has 0 aliphatic heterocycles. The average Bonchev–Trinajstić information content (AvgIpc) is 3.07. The first-order valence-corrected chi connectivity index (χ1v) is 20.0. The van der Waals surface area contributed by atoms with Gasteiger partial charge in [0.25, 0.3) is 0 Å². The Labute approximate surface area is 300 Å². The van der Waals surface area contributed by atoms with E-state index in [2.05, 4.69) is 81.4 Å². The van der Waals surface area contributed by atoms with Crippen molar-refractivity contribution in [3.8, 4) is 0 Å². The van der Waals surface area contributed by atoms with Gasteiger partial charge in [-0.1, -0.05) is 80.1 Å². The Hall–Kier alpha value is -2.35. The second-order valence-electron chi connectivity index (χ2n) is 12.0. The van der Waals surface area contributed by atoms with E-state index in [1.54, 1.807) is 22.5 Å². The predicted octanol–water partition coefficient (Wildman–Crippen LogP) is 7.04. The Balaban J connectivity index is 0. The van der Waals surface area contributed by atoms with Crippen LogP contribution in [0.5, 0.6) is 0 Å². The van der Waals surface area contributed by atoms with Crippen molar-refractivity contribution in [2.24, 2.45) is 17.8 Å². The van der Waals surface area contributed by atoms with E-state index in [1.165, 1.54) is 28.4 Å². The average molecular weight is 758 g/mol. The van der Waals surface area contributed by atoms with Gasteiger partial charge in [-0.05, 0) is 56.3 Å². The summed E-state index contributed by atoms with van der Waals surface area (Å²) in [4.78, 5) is 31.0. The molecule has 0 aliphatic carbocycles. The van der Waals surface area contributed by atoms with Crippen LogP contribution in [0.15, 0.2) is 60.7 Å². The van der Waals surface area contributed by atoms with Crippen molar-refractivity contribution >= 4 is 40.4 Å². The van der Waals surface area contributed by atoms with Gasteiger partial charge in [-0.15, -0.1) is 0 Å². The summed E-state index contributed by atoms with van der Waals surface area (Å²) in [5, 5.41) is 31.0. The van der Waals surface area contributed by atoms with Crippen molar-refractivity contribution in [3.05, 3.63) is 71.8 Å². The Morgan fingerprint density at radius 3 is 1.02 bits per heavy atom. The van der Waals surface area contributed by atoms with Crippen molar-refractivity contribution in [2.45, 2.75) is 142 Å². The van der Waals surface area contributed by atoms with Crippen LogP contribution in [0.4, 0.5) is 0 Å². The van der Waals surface area contributed by atoms with Crippen LogP contribution >= 0.6 is 0 Å². The van der Waals surface area contributed by atoms with Gasteiger partial charge >= 0.3 is 118 Å². The van der Waals surface area contributed by atoms with Crippen LogP contribution in [0.25, 0.3) is 0 Å². The second kappa shape index (κ2) is 32.2. The Bertz CT molecular complexity index is 913. The fourth-order valence-corrected chi connectivity index (χ4v) is 5.60. The van der Waals surface area contributed by atoms with Crippen molar-refractivity contribution < 1.29 is 29.7 Å². The molecule has 262 valence electrons.